The molecule has 0 spiro atoms. The first-order valence-electron chi connectivity index (χ1n) is 7.80. The predicted molar refractivity (Wildman–Crippen MR) is 85.1 cm³/mol. The Morgan fingerprint density at radius 3 is 3.00 bits per heavy atom. The number of nitrogens with zero attached hydrogens (tertiary/aromatic N) is 2. The van der Waals surface area contributed by atoms with E-state index in [0.717, 1.165) is 25.0 Å². The van der Waals surface area contributed by atoms with Crippen LogP contribution in [0.5, 0.6) is 0 Å². The highest BCUT2D eigenvalue weighted by atomic mass is 16.1. The number of hydrogen-bond acceptors (Lipinski definition) is 3. The van der Waals surface area contributed by atoms with Crippen molar-refractivity contribution in [3.63, 3.8) is 0 Å². The standard InChI is InChI=1S/C18H22N2O/c1-14(21)12-16-6-4-5-11-20(16)13-15-9-10-19-18-8-3-2-7-17(15)18/h2-3,7-10,16H,4-6,11-13H2,1H3. The van der Waals surface area contributed by atoms with E-state index in [0.29, 0.717) is 18.2 Å². The molecule has 21 heavy (non-hydrogen) atoms. The number of benzene rings is 1. The van der Waals surface area contributed by atoms with Crippen molar-refractivity contribution in [3.8, 4) is 0 Å². The Balaban J connectivity index is 1.84. The Morgan fingerprint density at radius 1 is 1.29 bits per heavy atom. The van der Waals surface area contributed by atoms with Crippen LogP contribution in [-0.4, -0.2) is 28.3 Å². The van der Waals surface area contributed by atoms with Crippen molar-refractivity contribution in [3.05, 3.63) is 42.1 Å². The number of piperidine rings is 1. The Bertz CT molecular complexity index is 633. The van der Waals surface area contributed by atoms with Crippen LogP contribution < -0.4 is 0 Å². The summed E-state index contributed by atoms with van der Waals surface area (Å²) in [7, 11) is 0. The number of pyridine rings is 1. The summed E-state index contributed by atoms with van der Waals surface area (Å²) in [6.07, 6.45) is 6.19. The minimum absolute atomic E-state index is 0.298. The summed E-state index contributed by atoms with van der Waals surface area (Å²) in [5.74, 6) is 0.298. The molecule has 0 radical (unpaired) electrons. The summed E-state index contributed by atoms with van der Waals surface area (Å²) >= 11 is 0. The topological polar surface area (TPSA) is 33.2 Å². The maximum atomic E-state index is 11.5. The number of para-hydroxylation sites is 1. The fourth-order valence-electron chi connectivity index (χ4n) is 3.34. The fourth-order valence-corrected chi connectivity index (χ4v) is 3.34. The van der Waals surface area contributed by atoms with Crippen LogP contribution in [0.3, 0.4) is 0 Å². The molecule has 3 rings (SSSR count). The Morgan fingerprint density at radius 2 is 2.14 bits per heavy atom. The third-order valence-corrected chi connectivity index (χ3v) is 4.38. The molecule has 3 heteroatoms. The van der Waals surface area contributed by atoms with Crippen molar-refractivity contribution in [1.29, 1.82) is 0 Å². The van der Waals surface area contributed by atoms with Gasteiger partial charge in [-0.25, -0.2) is 0 Å². The van der Waals surface area contributed by atoms with Crippen LogP contribution in [0.15, 0.2) is 36.5 Å². The van der Waals surface area contributed by atoms with E-state index < -0.39 is 0 Å². The summed E-state index contributed by atoms with van der Waals surface area (Å²) in [5.41, 5.74) is 2.37. The molecular formula is C18H22N2O. The largest absolute Gasteiger partial charge is 0.300 e. The van der Waals surface area contributed by atoms with Gasteiger partial charge in [0.1, 0.15) is 5.78 Å². The molecule has 1 unspecified atom stereocenters. The molecule has 3 nitrogen and oxygen atoms in total. The van der Waals surface area contributed by atoms with Crippen molar-refractivity contribution >= 4 is 16.7 Å². The number of hydrogen-bond donors (Lipinski definition) is 0. The maximum absolute atomic E-state index is 11.5. The van der Waals surface area contributed by atoms with Gasteiger partial charge in [0.2, 0.25) is 0 Å². The predicted octanol–water partition coefficient (Wildman–Crippen LogP) is 3.57. The van der Waals surface area contributed by atoms with Crippen molar-refractivity contribution in [2.24, 2.45) is 0 Å². The number of carbonyl (C=O) groups is 1. The van der Waals surface area contributed by atoms with Gasteiger partial charge < -0.3 is 0 Å². The number of carbonyl (C=O) groups excluding carboxylic acids is 1. The van der Waals surface area contributed by atoms with Gasteiger partial charge in [0, 0.05) is 30.6 Å². The second-order valence-corrected chi connectivity index (χ2v) is 6.01. The first kappa shape index (κ1) is 14.2. The molecule has 2 heterocycles. The lowest BCUT2D eigenvalue weighted by Crippen LogP contribution is -2.40. The van der Waals surface area contributed by atoms with E-state index in [1.807, 2.05) is 12.3 Å². The molecule has 2 aromatic rings. The number of Topliss-reactive ketones (excluding diaryl/α,β-unsaturated/α-hetero) is 1. The highest BCUT2D eigenvalue weighted by Gasteiger charge is 2.23. The van der Waals surface area contributed by atoms with E-state index in [-0.39, 0.29) is 0 Å². The van der Waals surface area contributed by atoms with Crippen molar-refractivity contribution in [1.82, 2.24) is 9.88 Å². The molecule has 0 amide bonds. The first-order chi connectivity index (χ1) is 10.2. The fraction of sp³-hybridized carbons (Fsp3) is 0.444. The van der Waals surface area contributed by atoms with Gasteiger partial charge in [-0.15, -0.1) is 0 Å². The normalized spacial score (nSPS) is 19.8. The molecule has 0 bridgehead atoms. The minimum Gasteiger partial charge on any atom is -0.300 e. The first-order valence-corrected chi connectivity index (χ1v) is 7.80. The summed E-state index contributed by atoms with van der Waals surface area (Å²) in [6, 6.07) is 10.8. The molecule has 1 saturated heterocycles. The molecule has 0 N–H and O–H groups in total. The van der Waals surface area contributed by atoms with Crippen molar-refractivity contribution in [2.75, 3.05) is 6.54 Å². The van der Waals surface area contributed by atoms with Gasteiger partial charge in [0.25, 0.3) is 0 Å². The van der Waals surface area contributed by atoms with E-state index in [4.69, 9.17) is 0 Å². The monoisotopic (exact) mass is 282 g/mol. The third kappa shape index (κ3) is 3.30. The molecule has 1 aliphatic rings. The Kier molecular flexibility index (Phi) is 4.30. The second-order valence-electron chi connectivity index (χ2n) is 6.01. The van der Waals surface area contributed by atoms with Gasteiger partial charge in [-0.05, 0) is 44.0 Å². The molecule has 1 aromatic heterocycles. The summed E-state index contributed by atoms with van der Waals surface area (Å²) in [6.45, 7) is 3.71. The van der Waals surface area contributed by atoms with Gasteiger partial charge in [0.15, 0.2) is 0 Å². The molecule has 1 aliphatic heterocycles. The zero-order valence-corrected chi connectivity index (χ0v) is 12.6. The zero-order chi connectivity index (χ0) is 14.7. The van der Waals surface area contributed by atoms with Crippen molar-refractivity contribution < 1.29 is 4.79 Å². The van der Waals surface area contributed by atoms with E-state index in [2.05, 4.69) is 34.1 Å². The van der Waals surface area contributed by atoms with E-state index in [1.54, 1.807) is 6.92 Å². The smallest absolute Gasteiger partial charge is 0.131 e. The lowest BCUT2D eigenvalue weighted by molar-refractivity contribution is -0.118. The van der Waals surface area contributed by atoms with Gasteiger partial charge in [0.05, 0.1) is 5.52 Å². The average molecular weight is 282 g/mol. The quantitative estimate of drug-likeness (QED) is 0.859. The molecule has 0 saturated carbocycles. The summed E-state index contributed by atoms with van der Waals surface area (Å²) < 4.78 is 0. The van der Waals surface area contributed by atoms with Crippen LogP contribution in [0, 0.1) is 0 Å². The molecule has 1 fully saturated rings. The average Bonchev–Trinajstić information content (AvgIpc) is 2.49. The molecular weight excluding hydrogens is 260 g/mol. The summed E-state index contributed by atoms with van der Waals surface area (Å²) in [4.78, 5) is 18.4. The minimum atomic E-state index is 0.298. The van der Waals surface area contributed by atoms with Crippen LogP contribution in [0.25, 0.3) is 10.9 Å². The highest BCUT2D eigenvalue weighted by molar-refractivity contribution is 5.81. The number of ketones is 1. The van der Waals surface area contributed by atoms with Crippen LogP contribution in [0.1, 0.15) is 38.2 Å². The van der Waals surface area contributed by atoms with Crippen LogP contribution in [-0.2, 0) is 11.3 Å². The van der Waals surface area contributed by atoms with Gasteiger partial charge in [-0.1, -0.05) is 24.6 Å². The maximum Gasteiger partial charge on any atom is 0.131 e. The van der Waals surface area contributed by atoms with Crippen LogP contribution in [0.2, 0.25) is 0 Å². The van der Waals surface area contributed by atoms with E-state index >= 15 is 0 Å². The number of fused-ring (bicyclic) bond motifs is 1. The number of rotatable bonds is 4. The van der Waals surface area contributed by atoms with Crippen LogP contribution in [0.4, 0.5) is 0 Å². The number of aromatic nitrogens is 1. The zero-order valence-electron chi connectivity index (χ0n) is 12.6. The third-order valence-electron chi connectivity index (χ3n) is 4.38. The lowest BCUT2D eigenvalue weighted by atomic mass is 9.96. The highest BCUT2D eigenvalue weighted by Crippen LogP contribution is 2.24. The molecule has 1 aromatic carbocycles. The molecule has 1 atom stereocenters. The van der Waals surface area contributed by atoms with E-state index in [9.17, 15) is 4.79 Å². The Labute approximate surface area is 126 Å². The number of likely N-dealkylation sites (tertiary alicyclic amines) is 1. The van der Waals surface area contributed by atoms with Crippen molar-refractivity contribution in [2.45, 2.75) is 45.2 Å². The van der Waals surface area contributed by atoms with Gasteiger partial charge >= 0.3 is 0 Å². The summed E-state index contributed by atoms with van der Waals surface area (Å²) in [5, 5.41) is 1.23. The molecule has 110 valence electrons. The second kappa shape index (κ2) is 6.35. The van der Waals surface area contributed by atoms with Crippen LogP contribution >= 0.6 is 0 Å². The lowest BCUT2D eigenvalue weighted by Gasteiger charge is -2.35. The Hall–Kier alpha value is -1.74. The molecule has 0 aliphatic carbocycles. The SMILES string of the molecule is CC(=O)CC1CCCCN1Cc1ccnc2ccccc12. The van der Waals surface area contributed by atoms with Gasteiger partial charge in [-0.2, -0.15) is 0 Å². The van der Waals surface area contributed by atoms with E-state index in [1.165, 1.54) is 23.8 Å². The van der Waals surface area contributed by atoms with Gasteiger partial charge in [-0.3, -0.25) is 14.7 Å².